The summed E-state index contributed by atoms with van der Waals surface area (Å²) >= 11 is 0. The Morgan fingerprint density at radius 1 is 1.22 bits per heavy atom. The standard InChI is InChI=1S/C26H30FN3O6/c1-26(2,3)23-22(25(32)33)36-17-8-7-13(9-15(17)29(23)4)16(31)12-30-11-14-10-18(34-5)21(35-6)20(27)19(14)24(30)28/h7-10,22-23,28H,11-12H2,1-6H3,(H,32,33). The molecule has 0 fully saturated rings. The summed E-state index contributed by atoms with van der Waals surface area (Å²) in [7, 11) is 4.52. The van der Waals surface area contributed by atoms with Gasteiger partial charge in [-0.3, -0.25) is 10.2 Å². The van der Waals surface area contributed by atoms with Crippen LogP contribution >= 0.6 is 0 Å². The van der Waals surface area contributed by atoms with Crippen LogP contribution in [-0.4, -0.2) is 67.6 Å². The van der Waals surface area contributed by atoms with Crippen LogP contribution in [0.15, 0.2) is 24.3 Å². The number of carbonyl (C=O) groups is 2. The fraction of sp³-hybridized carbons (Fsp3) is 0.423. The summed E-state index contributed by atoms with van der Waals surface area (Å²) in [5.74, 6) is -1.60. The smallest absolute Gasteiger partial charge is 0.347 e. The third-order valence-corrected chi connectivity index (χ3v) is 6.69. The molecule has 0 saturated heterocycles. The van der Waals surface area contributed by atoms with E-state index in [2.05, 4.69) is 0 Å². The number of rotatable bonds is 6. The molecular weight excluding hydrogens is 469 g/mol. The highest BCUT2D eigenvalue weighted by atomic mass is 19.1. The van der Waals surface area contributed by atoms with Crippen molar-refractivity contribution < 1.29 is 33.3 Å². The number of halogens is 1. The van der Waals surface area contributed by atoms with Crippen LogP contribution in [0.5, 0.6) is 17.2 Å². The van der Waals surface area contributed by atoms with Crippen molar-refractivity contribution in [2.24, 2.45) is 5.41 Å². The maximum absolute atomic E-state index is 15.0. The Bertz CT molecular complexity index is 1260. The van der Waals surface area contributed by atoms with Gasteiger partial charge in [-0.25, -0.2) is 9.18 Å². The number of Topliss-reactive ketones (excluding diaryl/α,β-unsaturated/α-hetero) is 1. The number of anilines is 1. The molecule has 2 N–H and O–H groups in total. The van der Waals surface area contributed by atoms with Gasteiger partial charge in [0, 0.05) is 19.2 Å². The normalized spacial score (nSPS) is 18.9. The number of aliphatic carboxylic acids is 1. The summed E-state index contributed by atoms with van der Waals surface area (Å²) in [6.45, 7) is 5.85. The number of ether oxygens (including phenoxy) is 3. The van der Waals surface area contributed by atoms with Crippen LogP contribution in [0.25, 0.3) is 0 Å². The number of ketones is 1. The lowest BCUT2D eigenvalue weighted by Gasteiger charge is -2.46. The number of carboxylic acids is 1. The third kappa shape index (κ3) is 4.10. The van der Waals surface area contributed by atoms with Crippen molar-refractivity contribution in [3.8, 4) is 17.2 Å². The SMILES string of the molecule is COc1cc2c(c(F)c1OC)C(=N)N(CC(=O)c1ccc3c(c1)N(C)C(C(C)(C)C)C(C(=O)O)O3)C2. The average molecular weight is 500 g/mol. The molecule has 2 heterocycles. The molecule has 0 aliphatic carbocycles. The van der Waals surface area contributed by atoms with Gasteiger partial charge in [0.25, 0.3) is 0 Å². The van der Waals surface area contributed by atoms with Crippen LogP contribution in [0.4, 0.5) is 10.1 Å². The maximum Gasteiger partial charge on any atom is 0.347 e. The number of nitrogens with zero attached hydrogens (tertiary/aromatic N) is 2. The zero-order chi connectivity index (χ0) is 26.5. The van der Waals surface area contributed by atoms with Crippen LogP contribution in [-0.2, 0) is 11.3 Å². The lowest BCUT2D eigenvalue weighted by atomic mass is 9.81. The third-order valence-electron chi connectivity index (χ3n) is 6.69. The number of amidine groups is 1. The zero-order valence-electron chi connectivity index (χ0n) is 21.1. The lowest BCUT2D eigenvalue weighted by Crippen LogP contribution is -2.57. The molecule has 0 radical (unpaired) electrons. The molecule has 10 heteroatoms. The predicted molar refractivity (Wildman–Crippen MR) is 131 cm³/mol. The molecule has 2 aliphatic heterocycles. The number of carboxylic acid groups (broad SMARTS) is 1. The van der Waals surface area contributed by atoms with Crippen molar-refractivity contribution in [3.63, 3.8) is 0 Å². The molecule has 0 saturated carbocycles. The largest absolute Gasteiger partial charge is 0.493 e. The van der Waals surface area contributed by atoms with Crippen molar-refractivity contribution in [1.29, 1.82) is 5.41 Å². The molecule has 2 unspecified atom stereocenters. The number of likely N-dealkylation sites (N-methyl/N-ethyl adjacent to an activating group) is 1. The van der Waals surface area contributed by atoms with Crippen molar-refractivity contribution >= 4 is 23.3 Å². The second-order valence-electron chi connectivity index (χ2n) is 10.1. The molecule has 4 rings (SSSR count). The number of methoxy groups -OCH3 is 2. The average Bonchev–Trinajstić information content (AvgIpc) is 3.12. The van der Waals surface area contributed by atoms with E-state index in [0.29, 0.717) is 22.6 Å². The van der Waals surface area contributed by atoms with Gasteiger partial charge in [0.2, 0.25) is 6.10 Å². The predicted octanol–water partition coefficient (Wildman–Crippen LogP) is 3.56. The van der Waals surface area contributed by atoms with Gasteiger partial charge >= 0.3 is 5.97 Å². The van der Waals surface area contributed by atoms with Crippen LogP contribution in [0, 0.1) is 16.6 Å². The summed E-state index contributed by atoms with van der Waals surface area (Å²) in [5.41, 5.74) is 1.20. The summed E-state index contributed by atoms with van der Waals surface area (Å²) in [5, 5.41) is 18.2. The summed E-state index contributed by atoms with van der Waals surface area (Å²) < 4.78 is 31.2. The molecule has 0 spiro atoms. The molecule has 2 aromatic rings. The summed E-state index contributed by atoms with van der Waals surface area (Å²) in [6, 6.07) is 5.99. The Labute approximate surface area is 208 Å². The number of hydrogen-bond acceptors (Lipinski definition) is 7. The first-order valence-electron chi connectivity index (χ1n) is 11.5. The van der Waals surface area contributed by atoms with E-state index in [1.54, 1.807) is 31.3 Å². The van der Waals surface area contributed by atoms with Gasteiger partial charge in [0.05, 0.1) is 38.1 Å². The highest BCUT2D eigenvalue weighted by Gasteiger charge is 2.45. The van der Waals surface area contributed by atoms with Gasteiger partial charge in [-0.05, 0) is 35.2 Å². The van der Waals surface area contributed by atoms with E-state index in [4.69, 9.17) is 19.6 Å². The minimum absolute atomic E-state index is 0.0834. The molecule has 2 aliphatic rings. The van der Waals surface area contributed by atoms with Crippen LogP contribution < -0.4 is 19.1 Å². The van der Waals surface area contributed by atoms with Gasteiger partial charge in [0.1, 0.15) is 11.6 Å². The minimum Gasteiger partial charge on any atom is -0.493 e. The van der Waals surface area contributed by atoms with Gasteiger partial charge in [-0.15, -0.1) is 0 Å². The van der Waals surface area contributed by atoms with Gasteiger partial charge in [-0.1, -0.05) is 20.8 Å². The van der Waals surface area contributed by atoms with Crippen molar-refractivity contribution in [2.75, 3.05) is 32.7 Å². The van der Waals surface area contributed by atoms with E-state index in [9.17, 15) is 14.7 Å². The number of nitrogens with one attached hydrogen (secondary N) is 1. The van der Waals surface area contributed by atoms with E-state index >= 15 is 4.39 Å². The van der Waals surface area contributed by atoms with Gasteiger partial charge in [0.15, 0.2) is 23.1 Å². The van der Waals surface area contributed by atoms with Crippen molar-refractivity contribution in [1.82, 2.24) is 4.90 Å². The fourth-order valence-electron chi connectivity index (χ4n) is 5.06. The molecule has 0 aromatic heterocycles. The molecule has 2 aromatic carbocycles. The van der Waals surface area contributed by atoms with Crippen molar-refractivity contribution in [3.05, 3.63) is 46.8 Å². The van der Waals surface area contributed by atoms with Gasteiger partial charge in [-0.2, -0.15) is 0 Å². The van der Waals surface area contributed by atoms with Crippen LogP contribution in [0.1, 0.15) is 42.3 Å². The number of benzene rings is 2. The molecule has 0 amide bonds. The highest BCUT2D eigenvalue weighted by Crippen LogP contribution is 2.42. The van der Waals surface area contributed by atoms with Crippen molar-refractivity contribution in [2.45, 2.75) is 39.5 Å². The molecule has 192 valence electrons. The lowest BCUT2D eigenvalue weighted by molar-refractivity contribution is -0.148. The van der Waals surface area contributed by atoms with Crippen LogP contribution in [0.3, 0.4) is 0 Å². The quantitative estimate of drug-likeness (QED) is 0.581. The van der Waals surface area contributed by atoms with E-state index < -0.39 is 29.3 Å². The first-order valence-corrected chi connectivity index (χ1v) is 11.5. The van der Waals surface area contributed by atoms with E-state index in [1.807, 2.05) is 25.7 Å². The van der Waals surface area contributed by atoms with E-state index in [1.165, 1.54) is 19.1 Å². The van der Waals surface area contributed by atoms with E-state index in [-0.39, 0.29) is 41.8 Å². The number of hydrogen-bond donors (Lipinski definition) is 2. The van der Waals surface area contributed by atoms with Crippen LogP contribution in [0.2, 0.25) is 0 Å². The Morgan fingerprint density at radius 2 is 1.92 bits per heavy atom. The summed E-state index contributed by atoms with van der Waals surface area (Å²) in [4.78, 5) is 28.5. The second-order valence-corrected chi connectivity index (χ2v) is 10.1. The molecular formula is C26H30FN3O6. The molecule has 9 nitrogen and oxygen atoms in total. The monoisotopic (exact) mass is 499 g/mol. The fourth-order valence-corrected chi connectivity index (χ4v) is 5.06. The van der Waals surface area contributed by atoms with E-state index in [0.717, 1.165) is 0 Å². The number of fused-ring (bicyclic) bond motifs is 2. The maximum atomic E-state index is 15.0. The minimum atomic E-state index is -1.06. The topological polar surface area (TPSA) is 112 Å². The molecule has 2 atom stereocenters. The molecule has 0 bridgehead atoms. The molecule has 36 heavy (non-hydrogen) atoms. The second kappa shape index (κ2) is 9.00. The Kier molecular flexibility index (Phi) is 6.32. The Balaban J connectivity index is 1.60. The Morgan fingerprint density at radius 3 is 2.50 bits per heavy atom. The first kappa shape index (κ1) is 25.3. The first-order chi connectivity index (χ1) is 16.9. The summed E-state index contributed by atoms with van der Waals surface area (Å²) in [6.07, 6.45) is -1.06. The Hall–Kier alpha value is -3.82. The zero-order valence-corrected chi connectivity index (χ0v) is 21.1. The highest BCUT2D eigenvalue weighted by molar-refractivity contribution is 6.06. The number of carbonyl (C=O) groups excluding carboxylic acids is 1. The van der Waals surface area contributed by atoms with Gasteiger partial charge < -0.3 is 29.1 Å².